The Hall–Kier alpha value is -1.78. The molecular weight excluding hydrogens is 238 g/mol. The second-order valence-corrected chi connectivity index (χ2v) is 5.78. The maximum Gasteiger partial charge on any atom is 0.180 e. The molecule has 5 nitrogen and oxygen atoms in total. The van der Waals surface area contributed by atoms with Crippen LogP contribution in [0.1, 0.15) is 33.6 Å². The molecule has 0 aliphatic heterocycles. The third-order valence-corrected chi connectivity index (χ3v) is 3.77. The fourth-order valence-electron chi connectivity index (χ4n) is 2.49. The molecule has 19 heavy (non-hydrogen) atoms. The maximum atomic E-state index is 4.65. The van der Waals surface area contributed by atoms with E-state index in [9.17, 15) is 0 Å². The molecule has 1 fully saturated rings. The number of imidazole rings is 1. The number of anilines is 2. The highest BCUT2D eigenvalue weighted by Crippen LogP contribution is 2.41. The summed E-state index contributed by atoms with van der Waals surface area (Å²) in [7, 11) is 0. The normalized spacial score (nSPS) is 15.7. The highest BCUT2D eigenvalue weighted by Gasteiger charge is 2.38. The fraction of sp³-hybridized carbons (Fsp3) is 0.571. The van der Waals surface area contributed by atoms with Crippen LogP contribution in [0, 0.1) is 5.92 Å². The Kier molecular flexibility index (Phi) is 2.84. The summed E-state index contributed by atoms with van der Waals surface area (Å²) in [4.78, 5) is 9.05. The summed E-state index contributed by atoms with van der Waals surface area (Å²) >= 11 is 0. The Morgan fingerprint density at radius 3 is 2.89 bits per heavy atom. The van der Waals surface area contributed by atoms with Crippen LogP contribution in [-0.4, -0.2) is 26.5 Å². The minimum atomic E-state index is 0.0737. The average molecular weight is 259 g/mol. The molecule has 2 heterocycles. The van der Waals surface area contributed by atoms with Crippen LogP contribution >= 0.6 is 0 Å². The molecule has 0 saturated heterocycles. The molecule has 2 aromatic heterocycles. The lowest BCUT2D eigenvalue weighted by Crippen LogP contribution is -2.34. The van der Waals surface area contributed by atoms with Crippen molar-refractivity contribution in [1.29, 1.82) is 0 Å². The van der Waals surface area contributed by atoms with Crippen LogP contribution in [0.3, 0.4) is 0 Å². The number of aromatic nitrogens is 3. The van der Waals surface area contributed by atoms with Crippen molar-refractivity contribution in [2.75, 3.05) is 17.2 Å². The van der Waals surface area contributed by atoms with Crippen LogP contribution in [0.5, 0.6) is 0 Å². The van der Waals surface area contributed by atoms with E-state index in [0.717, 1.165) is 29.7 Å². The zero-order valence-corrected chi connectivity index (χ0v) is 11.8. The number of hydrogen-bond acceptors (Lipinski definition) is 4. The van der Waals surface area contributed by atoms with E-state index in [1.165, 1.54) is 12.8 Å². The number of hydrogen-bond donors (Lipinski definition) is 2. The summed E-state index contributed by atoms with van der Waals surface area (Å²) in [5.74, 6) is 2.48. The third kappa shape index (κ3) is 2.37. The molecule has 0 bridgehead atoms. The predicted molar refractivity (Wildman–Crippen MR) is 77.6 cm³/mol. The second kappa shape index (κ2) is 4.40. The van der Waals surface area contributed by atoms with Crippen molar-refractivity contribution in [3.05, 3.63) is 18.6 Å². The van der Waals surface area contributed by atoms with Gasteiger partial charge in [0.25, 0.3) is 0 Å². The van der Waals surface area contributed by atoms with Crippen LogP contribution in [0.15, 0.2) is 18.6 Å². The van der Waals surface area contributed by atoms with Gasteiger partial charge in [-0.05, 0) is 39.5 Å². The highest BCUT2D eigenvalue weighted by molar-refractivity contribution is 5.66. The Balaban J connectivity index is 1.98. The van der Waals surface area contributed by atoms with E-state index < -0.39 is 0 Å². The van der Waals surface area contributed by atoms with Crippen molar-refractivity contribution in [3.8, 4) is 0 Å². The van der Waals surface area contributed by atoms with Crippen LogP contribution < -0.4 is 10.6 Å². The predicted octanol–water partition coefficient (Wildman–Crippen LogP) is 2.76. The number of rotatable bonds is 5. The summed E-state index contributed by atoms with van der Waals surface area (Å²) in [5.41, 5.74) is 0.958. The number of nitrogens with one attached hydrogen (secondary N) is 2. The quantitative estimate of drug-likeness (QED) is 0.867. The van der Waals surface area contributed by atoms with E-state index in [0.29, 0.717) is 0 Å². The summed E-state index contributed by atoms with van der Waals surface area (Å²) in [6.45, 7) is 7.41. The van der Waals surface area contributed by atoms with Crippen molar-refractivity contribution < 1.29 is 0 Å². The maximum absolute atomic E-state index is 4.65. The standard InChI is InChI=1S/C14H21N5/c1-4-15-11-9-19-8-7-16-13(19)12(17-11)18-14(2,3)10-5-6-10/h7-10,15H,4-6H2,1-3H3,(H,17,18). The molecule has 1 saturated carbocycles. The molecule has 1 aliphatic carbocycles. The van der Waals surface area contributed by atoms with E-state index in [4.69, 9.17) is 0 Å². The summed E-state index contributed by atoms with van der Waals surface area (Å²) in [5, 5.41) is 6.83. The SMILES string of the molecule is CCNc1cn2ccnc2c(NC(C)(C)C2CC2)n1. The first kappa shape index (κ1) is 12.3. The Bertz CT molecular complexity index is 583. The van der Waals surface area contributed by atoms with Gasteiger partial charge in [-0.25, -0.2) is 9.97 Å². The molecule has 0 atom stereocenters. The first-order valence-electron chi connectivity index (χ1n) is 6.96. The summed E-state index contributed by atoms with van der Waals surface area (Å²) in [6.07, 6.45) is 8.34. The van der Waals surface area contributed by atoms with Gasteiger partial charge in [0.2, 0.25) is 0 Å². The summed E-state index contributed by atoms with van der Waals surface area (Å²) < 4.78 is 2.01. The van der Waals surface area contributed by atoms with E-state index in [1.54, 1.807) is 0 Å². The third-order valence-electron chi connectivity index (χ3n) is 3.77. The van der Waals surface area contributed by atoms with Gasteiger partial charge in [0.05, 0.1) is 6.20 Å². The first-order chi connectivity index (χ1) is 9.10. The van der Waals surface area contributed by atoms with Gasteiger partial charge in [0, 0.05) is 24.5 Å². The Labute approximate surface area is 113 Å². The molecular formula is C14H21N5. The van der Waals surface area contributed by atoms with Gasteiger partial charge < -0.3 is 15.0 Å². The smallest absolute Gasteiger partial charge is 0.180 e. The van der Waals surface area contributed by atoms with Gasteiger partial charge >= 0.3 is 0 Å². The van der Waals surface area contributed by atoms with Gasteiger partial charge in [0.15, 0.2) is 11.5 Å². The molecule has 5 heteroatoms. The zero-order chi connectivity index (χ0) is 13.5. The Morgan fingerprint density at radius 1 is 1.42 bits per heavy atom. The van der Waals surface area contributed by atoms with Crippen LogP contribution in [-0.2, 0) is 0 Å². The van der Waals surface area contributed by atoms with Crippen molar-refractivity contribution in [2.45, 2.75) is 39.2 Å². The fourth-order valence-corrected chi connectivity index (χ4v) is 2.49. The molecule has 2 N–H and O–H groups in total. The average Bonchev–Trinajstić information content (AvgIpc) is 3.10. The molecule has 3 rings (SSSR count). The monoisotopic (exact) mass is 259 g/mol. The van der Waals surface area contributed by atoms with Crippen LogP contribution in [0.25, 0.3) is 5.65 Å². The van der Waals surface area contributed by atoms with E-state index in [1.807, 2.05) is 23.0 Å². The van der Waals surface area contributed by atoms with E-state index >= 15 is 0 Å². The molecule has 1 aliphatic rings. The van der Waals surface area contributed by atoms with E-state index in [2.05, 4.69) is 41.4 Å². The van der Waals surface area contributed by atoms with Crippen molar-refractivity contribution >= 4 is 17.3 Å². The molecule has 2 aromatic rings. The zero-order valence-electron chi connectivity index (χ0n) is 11.8. The van der Waals surface area contributed by atoms with Gasteiger partial charge in [-0.1, -0.05) is 0 Å². The molecule has 0 amide bonds. The molecule has 0 unspecified atom stereocenters. The lowest BCUT2D eigenvalue weighted by molar-refractivity contribution is 0.493. The first-order valence-corrected chi connectivity index (χ1v) is 6.96. The van der Waals surface area contributed by atoms with E-state index in [-0.39, 0.29) is 5.54 Å². The lowest BCUT2D eigenvalue weighted by atomic mass is 9.99. The van der Waals surface area contributed by atoms with Gasteiger partial charge in [-0.3, -0.25) is 0 Å². The second-order valence-electron chi connectivity index (χ2n) is 5.78. The number of nitrogens with zero attached hydrogens (tertiary/aromatic N) is 3. The van der Waals surface area contributed by atoms with Crippen molar-refractivity contribution in [2.24, 2.45) is 5.92 Å². The molecule has 0 aromatic carbocycles. The topological polar surface area (TPSA) is 54.2 Å². The Morgan fingerprint density at radius 2 is 2.21 bits per heavy atom. The van der Waals surface area contributed by atoms with Crippen LogP contribution in [0.4, 0.5) is 11.6 Å². The summed E-state index contributed by atoms with van der Waals surface area (Å²) in [6, 6.07) is 0. The van der Waals surface area contributed by atoms with Gasteiger partial charge in [0.1, 0.15) is 5.82 Å². The molecule has 102 valence electrons. The number of fused-ring (bicyclic) bond motifs is 1. The minimum Gasteiger partial charge on any atom is -0.369 e. The van der Waals surface area contributed by atoms with Gasteiger partial charge in [-0.2, -0.15) is 0 Å². The lowest BCUT2D eigenvalue weighted by Gasteiger charge is -2.27. The largest absolute Gasteiger partial charge is 0.369 e. The minimum absolute atomic E-state index is 0.0737. The molecule has 0 radical (unpaired) electrons. The van der Waals surface area contributed by atoms with Crippen molar-refractivity contribution in [1.82, 2.24) is 14.4 Å². The highest BCUT2D eigenvalue weighted by atomic mass is 15.2. The van der Waals surface area contributed by atoms with Crippen molar-refractivity contribution in [3.63, 3.8) is 0 Å². The molecule has 0 spiro atoms. The van der Waals surface area contributed by atoms with Gasteiger partial charge in [-0.15, -0.1) is 0 Å². The van der Waals surface area contributed by atoms with Crippen LogP contribution in [0.2, 0.25) is 0 Å².